The molecule has 1 atom stereocenters. The predicted molar refractivity (Wildman–Crippen MR) is 58.0 cm³/mol. The van der Waals surface area contributed by atoms with Gasteiger partial charge in [-0.1, -0.05) is 12.2 Å². The summed E-state index contributed by atoms with van der Waals surface area (Å²) in [5.41, 5.74) is -2.33. The zero-order valence-corrected chi connectivity index (χ0v) is 9.74. The summed E-state index contributed by atoms with van der Waals surface area (Å²) in [6.45, 7) is 5.48. The van der Waals surface area contributed by atoms with E-state index in [0.717, 1.165) is 0 Å². The molecule has 0 aromatic heterocycles. The van der Waals surface area contributed by atoms with Gasteiger partial charge in [-0.3, -0.25) is 5.32 Å². The van der Waals surface area contributed by atoms with E-state index in [4.69, 9.17) is 9.84 Å². The SMILES string of the molecule is CC(C)(C)OC(=O)C1(C(=O)O)CC=CCN1. The van der Waals surface area contributed by atoms with E-state index in [1.807, 2.05) is 0 Å². The molecular weight excluding hydrogens is 210 g/mol. The normalized spacial score (nSPS) is 25.2. The number of hydrogen-bond acceptors (Lipinski definition) is 4. The van der Waals surface area contributed by atoms with Gasteiger partial charge in [-0.2, -0.15) is 0 Å². The summed E-state index contributed by atoms with van der Waals surface area (Å²) in [4.78, 5) is 23.1. The van der Waals surface area contributed by atoms with Gasteiger partial charge in [0.15, 0.2) is 0 Å². The first-order chi connectivity index (χ1) is 7.28. The quantitative estimate of drug-likeness (QED) is 0.412. The largest absolute Gasteiger partial charge is 0.479 e. The van der Waals surface area contributed by atoms with Crippen LogP contribution in [-0.2, 0) is 14.3 Å². The molecule has 0 saturated heterocycles. The Kier molecular flexibility index (Phi) is 3.38. The molecule has 0 aliphatic carbocycles. The van der Waals surface area contributed by atoms with Crippen molar-refractivity contribution in [3.63, 3.8) is 0 Å². The lowest BCUT2D eigenvalue weighted by Crippen LogP contribution is -2.60. The van der Waals surface area contributed by atoms with E-state index in [-0.39, 0.29) is 6.42 Å². The predicted octanol–water partition coefficient (Wildman–Crippen LogP) is 0.701. The van der Waals surface area contributed by atoms with Crippen molar-refractivity contribution < 1.29 is 19.4 Å². The molecule has 0 aromatic rings. The Labute approximate surface area is 94.5 Å². The smallest absolute Gasteiger partial charge is 0.338 e. The van der Waals surface area contributed by atoms with Crippen LogP contribution < -0.4 is 5.32 Å². The van der Waals surface area contributed by atoms with E-state index in [0.29, 0.717) is 6.54 Å². The summed E-state index contributed by atoms with van der Waals surface area (Å²) in [5.74, 6) is -1.94. The second-order valence-corrected chi connectivity index (χ2v) is 4.77. The molecule has 90 valence electrons. The number of hydrogen-bond donors (Lipinski definition) is 2. The van der Waals surface area contributed by atoms with Crippen molar-refractivity contribution in [3.05, 3.63) is 12.2 Å². The molecule has 5 nitrogen and oxygen atoms in total. The van der Waals surface area contributed by atoms with E-state index >= 15 is 0 Å². The summed E-state index contributed by atoms with van der Waals surface area (Å²) in [7, 11) is 0. The van der Waals surface area contributed by atoms with E-state index in [1.165, 1.54) is 0 Å². The monoisotopic (exact) mass is 227 g/mol. The maximum absolute atomic E-state index is 11.9. The van der Waals surface area contributed by atoms with Crippen molar-refractivity contribution in [2.45, 2.75) is 38.3 Å². The summed E-state index contributed by atoms with van der Waals surface area (Å²) in [5, 5.41) is 11.9. The van der Waals surface area contributed by atoms with Crippen LogP contribution in [-0.4, -0.2) is 34.7 Å². The standard InChI is InChI=1S/C11H17NO4/c1-10(2,3)16-9(15)11(8(13)14)6-4-5-7-12-11/h4-5,12H,6-7H2,1-3H3,(H,13,14). The molecule has 0 radical (unpaired) electrons. The zero-order chi connectivity index (χ0) is 12.4. The molecule has 1 heterocycles. The molecule has 1 rings (SSSR count). The highest BCUT2D eigenvalue weighted by molar-refractivity contribution is 6.04. The third kappa shape index (κ3) is 2.61. The number of carboxylic acids is 1. The molecule has 0 amide bonds. The van der Waals surface area contributed by atoms with Gasteiger partial charge < -0.3 is 9.84 Å². The first kappa shape index (κ1) is 12.7. The zero-order valence-electron chi connectivity index (χ0n) is 9.74. The molecule has 0 fully saturated rings. The summed E-state index contributed by atoms with van der Waals surface area (Å²) in [6, 6.07) is 0. The minimum Gasteiger partial charge on any atom is -0.479 e. The van der Waals surface area contributed by atoms with Gasteiger partial charge in [0, 0.05) is 13.0 Å². The van der Waals surface area contributed by atoms with E-state index in [9.17, 15) is 9.59 Å². The molecule has 0 bridgehead atoms. The number of carboxylic acid groups (broad SMARTS) is 1. The van der Waals surface area contributed by atoms with Crippen LogP contribution in [0.1, 0.15) is 27.2 Å². The van der Waals surface area contributed by atoms with Gasteiger partial charge >= 0.3 is 11.9 Å². The highest BCUT2D eigenvalue weighted by Gasteiger charge is 2.48. The molecule has 0 spiro atoms. The molecule has 1 aliphatic rings. The van der Waals surface area contributed by atoms with Gasteiger partial charge in [-0.05, 0) is 20.8 Å². The Morgan fingerprint density at radius 2 is 2.00 bits per heavy atom. The van der Waals surface area contributed by atoms with Crippen LogP contribution in [0.25, 0.3) is 0 Å². The first-order valence-electron chi connectivity index (χ1n) is 5.15. The van der Waals surface area contributed by atoms with Crippen LogP contribution >= 0.6 is 0 Å². The maximum Gasteiger partial charge on any atom is 0.338 e. The van der Waals surface area contributed by atoms with E-state index < -0.39 is 23.1 Å². The Hall–Kier alpha value is -1.36. The Morgan fingerprint density at radius 1 is 1.38 bits per heavy atom. The van der Waals surface area contributed by atoms with Crippen molar-refractivity contribution in [3.8, 4) is 0 Å². The molecule has 1 unspecified atom stereocenters. The number of carbonyl (C=O) groups excluding carboxylic acids is 1. The molecular formula is C11H17NO4. The number of rotatable bonds is 2. The van der Waals surface area contributed by atoms with Crippen molar-refractivity contribution >= 4 is 11.9 Å². The topological polar surface area (TPSA) is 75.6 Å². The summed E-state index contributed by atoms with van der Waals surface area (Å²) >= 11 is 0. The number of nitrogens with one attached hydrogen (secondary N) is 1. The molecule has 5 heteroatoms. The van der Waals surface area contributed by atoms with Gasteiger partial charge in [0.2, 0.25) is 5.54 Å². The van der Waals surface area contributed by atoms with Crippen molar-refractivity contribution in [2.75, 3.05) is 6.54 Å². The van der Waals surface area contributed by atoms with Crippen LogP contribution in [0.3, 0.4) is 0 Å². The Morgan fingerprint density at radius 3 is 2.38 bits per heavy atom. The van der Waals surface area contributed by atoms with Crippen molar-refractivity contribution in [2.24, 2.45) is 0 Å². The number of carbonyl (C=O) groups is 2. The van der Waals surface area contributed by atoms with Gasteiger partial charge in [0.1, 0.15) is 5.60 Å². The molecule has 2 N–H and O–H groups in total. The summed E-state index contributed by atoms with van der Waals surface area (Å²) < 4.78 is 5.13. The minimum atomic E-state index is -1.64. The average molecular weight is 227 g/mol. The fraction of sp³-hybridized carbons (Fsp3) is 0.636. The molecule has 0 aromatic carbocycles. The second-order valence-electron chi connectivity index (χ2n) is 4.77. The van der Waals surface area contributed by atoms with Crippen LogP contribution in [0.4, 0.5) is 0 Å². The number of esters is 1. The van der Waals surface area contributed by atoms with Crippen LogP contribution in [0.5, 0.6) is 0 Å². The Bertz CT molecular complexity index is 329. The summed E-state index contributed by atoms with van der Waals surface area (Å²) in [6.07, 6.45) is 3.57. The van der Waals surface area contributed by atoms with Crippen molar-refractivity contribution in [1.82, 2.24) is 5.32 Å². The lowest BCUT2D eigenvalue weighted by atomic mass is 9.92. The lowest BCUT2D eigenvalue weighted by Gasteiger charge is -2.32. The number of aliphatic carboxylic acids is 1. The van der Waals surface area contributed by atoms with Gasteiger partial charge in [0.25, 0.3) is 0 Å². The van der Waals surface area contributed by atoms with E-state index in [1.54, 1.807) is 32.9 Å². The first-order valence-corrected chi connectivity index (χ1v) is 5.15. The van der Waals surface area contributed by atoms with Crippen LogP contribution in [0.15, 0.2) is 12.2 Å². The van der Waals surface area contributed by atoms with Gasteiger partial charge in [0.05, 0.1) is 0 Å². The van der Waals surface area contributed by atoms with Gasteiger partial charge in [-0.25, -0.2) is 9.59 Å². The third-order valence-electron chi connectivity index (χ3n) is 2.22. The average Bonchev–Trinajstić information content (AvgIpc) is 2.16. The minimum absolute atomic E-state index is 0.108. The van der Waals surface area contributed by atoms with Gasteiger partial charge in [-0.15, -0.1) is 0 Å². The Balaban J connectivity index is 2.90. The van der Waals surface area contributed by atoms with Crippen molar-refractivity contribution in [1.29, 1.82) is 0 Å². The van der Waals surface area contributed by atoms with E-state index in [2.05, 4.69) is 5.32 Å². The second kappa shape index (κ2) is 4.25. The molecule has 16 heavy (non-hydrogen) atoms. The van der Waals surface area contributed by atoms with Crippen LogP contribution in [0.2, 0.25) is 0 Å². The fourth-order valence-electron chi connectivity index (χ4n) is 1.42. The molecule has 1 aliphatic heterocycles. The maximum atomic E-state index is 11.9. The third-order valence-corrected chi connectivity index (χ3v) is 2.22. The molecule has 0 saturated carbocycles. The number of ether oxygens (including phenoxy) is 1. The highest BCUT2D eigenvalue weighted by atomic mass is 16.6. The highest BCUT2D eigenvalue weighted by Crippen LogP contribution is 2.21. The lowest BCUT2D eigenvalue weighted by molar-refractivity contribution is -0.171. The fourth-order valence-corrected chi connectivity index (χ4v) is 1.42. The van der Waals surface area contributed by atoms with Crippen LogP contribution in [0, 0.1) is 0 Å².